The topological polar surface area (TPSA) is 65.4 Å². The van der Waals surface area contributed by atoms with Gasteiger partial charge in [-0.2, -0.15) is 0 Å². The standard InChI is InChI=1S/C14H18N2O2/c1-9(2)16-8-13(18)10-5-6-12(17)14-11(10)4-3-7-15-14/h3-7,9,13,16-18H,8H2,1-2H3/t13-/m0/s1. The van der Waals surface area contributed by atoms with E-state index in [2.05, 4.69) is 10.3 Å². The fourth-order valence-corrected chi connectivity index (χ4v) is 1.93. The van der Waals surface area contributed by atoms with Gasteiger partial charge < -0.3 is 15.5 Å². The number of benzene rings is 1. The molecule has 0 radical (unpaired) electrons. The number of nitrogens with zero attached hydrogens (tertiary/aromatic N) is 1. The van der Waals surface area contributed by atoms with E-state index in [1.54, 1.807) is 24.4 Å². The van der Waals surface area contributed by atoms with Crippen LogP contribution in [-0.4, -0.2) is 27.8 Å². The molecule has 0 aliphatic carbocycles. The predicted molar refractivity (Wildman–Crippen MR) is 71.5 cm³/mol. The summed E-state index contributed by atoms with van der Waals surface area (Å²) in [6.07, 6.45) is 1.02. The van der Waals surface area contributed by atoms with Crippen LogP contribution in [0.5, 0.6) is 5.75 Å². The maximum absolute atomic E-state index is 10.2. The molecule has 0 unspecified atom stereocenters. The quantitative estimate of drug-likeness (QED) is 0.771. The summed E-state index contributed by atoms with van der Waals surface area (Å²) >= 11 is 0. The zero-order valence-electron chi connectivity index (χ0n) is 10.6. The summed E-state index contributed by atoms with van der Waals surface area (Å²) in [5, 5.41) is 23.9. The number of aromatic nitrogens is 1. The third-order valence-electron chi connectivity index (χ3n) is 2.86. The van der Waals surface area contributed by atoms with Crippen LogP contribution in [0.15, 0.2) is 30.5 Å². The molecule has 0 aliphatic rings. The molecule has 18 heavy (non-hydrogen) atoms. The van der Waals surface area contributed by atoms with Crippen molar-refractivity contribution in [2.75, 3.05) is 6.54 Å². The summed E-state index contributed by atoms with van der Waals surface area (Å²) in [6.45, 7) is 4.54. The van der Waals surface area contributed by atoms with Gasteiger partial charge in [0, 0.05) is 24.2 Å². The summed E-state index contributed by atoms with van der Waals surface area (Å²) in [5.41, 5.74) is 1.31. The summed E-state index contributed by atoms with van der Waals surface area (Å²) in [4.78, 5) is 4.14. The molecule has 0 saturated carbocycles. The maximum Gasteiger partial charge on any atom is 0.141 e. The van der Waals surface area contributed by atoms with Gasteiger partial charge in [-0.05, 0) is 17.7 Å². The number of fused-ring (bicyclic) bond motifs is 1. The Hall–Kier alpha value is -1.65. The molecule has 4 heteroatoms. The monoisotopic (exact) mass is 246 g/mol. The lowest BCUT2D eigenvalue weighted by molar-refractivity contribution is 0.173. The van der Waals surface area contributed by atoms with Crippen LogP contribution in [0.3, 0.4) is 0 Å². The van der Waals surface area contributed by atoms with Gasteiger partial charge >= 0.3 is 0 Å². The highest BCUT2D eigenvalue weighted by molar-refractivity contribution is 5.87. The second-order valence-electron chi connectivity index (χ2n) is 4.65. The third-order valence-corrected chi connectivity index (χ3v) is 2.86. The molecular weight excluding hydrogens is 228 g/mol. The van der Waals surface area contributed by atoms with Crippen molar-refractivity contribution in [1.29, 1.82) is 0 Å². The average molecular weight is 246 g/mol. The lowest BCUT2D eigenvalue weighted by Gasteiger charge is -2.16. The number of aromatic hydroxyl groups is 1. The van der Waals surface area contributed by atoms with Crippen LogP contribution >= 0.6 is 0 Å². The average Bonchev–Trinajstić information content (AvgIpc) is 2.37. The Morgan fingerprint density at radius 2 is 2.06 bits per heavy atom. The summed E-state index contributed by atoms with van der Waals surface area (Å²) in [6, 6.07) is 7.29. The van der Waals surface area contributed by atoms with Gasteiger partial charge in [0.1, 0.15) is 11.3 Å². The molecule has 0 aliphatic heterocycles. The Morgan fingerprint density at radius 1 is 1.28 bits per heavy atom. The van der Waals surface area contributed by atoms with E-state index in [9.17, 15) is 10.2 Å². The van der Waals surface area contributed by atoms with Gasteiger partial charge in [0.05, 0.1) is 6.10 Å². The van der Waals surface area contributed by atoms with Gasteiger partial charge in [-0.3, -0.25) is 4.98 Å². The number of rotatable bonds is 4. The smallest absolute Gasteiger partial charge is 0.141 e. The van der Waals surface area contributed by atoms with Gasteiger partial charge in [-0.25, -0.2) is 0 Å². The number of hydrogen-bond acceptors (Lipinski definition) is 4. The lowest BCUT2D eigenvalue weighted by Crippen LogP contribution is -2.28. The lowest BCUT2D eigenvalue weighted by atomic mass is 10.0. The molecule has 4 nitrogen and oxygen atoms in total. The third kappa shape index (κ3) is 2.60. The van der Waals surface area contributed by atoms with Crippen molar-refractivity contribution in [3.8, 4) is 5.75 Å². The first-order chi connectivity index (χ1) is 8.59. The zero-order valence-corrected chi connectivity index (χ0v) is 10.6. The molecule has 0 amide bonds. The van der Waals surface area contributed by atoms with Crippen molar-refractivity contribution in [2.45, 2.75) is 26.0 Å². The van der Waals surface area contributed by atoms with Crippen LogP contribution in [0.25, 0.3) is 10.9 Å². The fraction of sp³-hybridized carbons (Fsp3) is 0.357. The van der Waals surface area contributed by atoms with Crippen LogP contribution in [0.4, 0.5) is 0 Å². The molecule has 0 saturated heterocycles. The molecule has 3 N–H and O–H groups in total. The molecule has 1 aromatic carbocycles. The summed E-state index contributed by atoms with van der Waals surface area (Å²) in [7, 11) is 0. The number of aliphatic hydroxyl groups excluding tert-OH is 1. The van der Waals surface area contributed by atoms with Crippen molar-refractivity contribution in [2.24, 2.45) is 0 Å². The maximum atomic E-state index is 10.2. The number of nitrogens with one attached hydrogen (secondary N) is 1. The number of pyridine rings is 1. The number of phenols is 1. The molecule has 2 rings (SSSR count). The van der Waals surface area contributed by atoms with Crippen LogP contribution in [0.2, 0.25) is 0 Å². The van der Waals surface area contributed by atoms with Crippen molar-refractivity contribution in [1.82, 2.24) is 10.3 Å². The number of phenolic OH excluding ortho intramolecular Hbond substituents is 1. The van der Waals surface area contributed by atoms with Gasteiger partial charge in [0.2, 0.25) is 0 Å². The normalized spacial score (nSPS) is 13.1. The van der Waals surface area contributed by atoms with Gasteiger partial charge in [0.15, 0.2) is 0 Å². The highest BCUT2D eigenvalue weighted by atomic mass is 16.3. The van der Waals surface area contributed by atoms with E-state index in [4.69, 9.17) is 0 Å². The molecular formula is C14H18N2O2. The van der Waals surface area contributed by atoms with E-state index in [0.29, 0.717) is 18.1 Å². The Morgan fingerprint density at radius 3 is 2.78 bits per heavy atom. The van der Waals surface area contributed by atoms with Crippen molar-refractivity contribution < 1.29 is 10.2 Å². The van der Waals surface area contributed by atoms with Gasteiger partial charge in [0.25, 0.3) is 0 Å². The molecule has 0 fully saturated rings. The second kappa shape index (κ2) is 5.33. The van der Waals surface area contributed by atoms with Crippen LogP contribution in [0.1, 0.15) is 25.5 Å². The second-order valence-corrected chi connectivity index (χ2v) is 4.65. The molecule has 1 atom stereocenters. The minimum absolute atomic E-state index is 0.137. The van der Waals surface area contributed by atoms with Crippen molar-refractivity contribution in [3.63, 3.8) is 0 Å². The summed E-state index contributed by atoms with van der Waals surface area (Å²) in [5.74, 6) is 0.137. The van der Waals surface area contributed by atoms with E-state index in [1.165, 1.54) is 0 Å². The van der Waals surface area contributed by atoms with E-state index < -0.39 is 6.10 Å². The van der Waals surface area contributed by atoms with Crippen LogP contribution < -0.4 is 5.32 Å². The summed E-state index contributed by atoms with van der Waals surface area (Å²) < 4.78 is 0. The van der Waals surface area contributed by atoms with E-state index in [-0.39, 0.29) is 5.75 Å². The highest BCUT2D eigenvalue weighted by Crippen LogP contribution is 2.28. The first kappa shape index (κ1) is 12.8. The largest absolute Gasteiger partial charge is 0.506 e. The minimum Gasteiger partial charge on any atom is -0.506 e. The molecule has 0 bridgehead atoms. The Bertz CT molecular complexity index is 540. The first-order valence-electron chi connectivity index (χ1n) is 6.07. The Kier molecular flexibility index (Phi) is 3.79. The Labute approximate surface area is 106 Å². The van der Waals surface area contributed by atoms with E-state index >= 15 is 0 Å². The van der Waals surface area contributed by atoms with E-state index in [1.807, 2.05) is 19.9 Å². The van der Waals surface area contributed by atoms with Gasteiger partial charge in [-0.1, -0.05) is 26.0 Å². The number of aliphatic hydroxyl groups is 1. The van der Waals surface area contributed by atoms with Crippen molar-refractivity contribution >= 4 is 10.9 Å². The molecule has 2 aromatic rings. The van der Waals surface area contributed by atoms with Crippen molar-refractivity contribution in [3.05, 3.63) is 36.0 Å². The predicted octanol–water partition coefficient (Wildman–Crippen LogP) is 1.97. The number of hydrogen-bond donors (Lipinski definition) is 3. The molecule has 0 spiro atoms. The first-order valence-corrected chi connectivity index (χ1v) is 6.07. The van der Waals surface area contributed by atoms with Gasteiger partial charge in [-0.15, -0.1) is 0 Å². The van der Waals surface area contributed by atoms with E-state index in [0.717, 1.165) is 10.9 Å². The fourth-order valence-electron chi connectivity index (χ4n) is 1.93. The minimum atomic E-state index is -0.611. The molecule has 1 aromatic heterocycles. The molecule has 96 valence electrons. The molecule has 1 heterocycles. The van der Waals surface area contributed by atoms with Crippen LogP contribution in [0, 0.1) is 0 Å². The highest BCUT2D eigenvalue weighted by Gasteiger charge is 2.13. The zero-order chi connectivity index (χ0) is 13.1. The Balaban J connectivity index is 2.36. The van der Waals surface area contributed by atoms with Crippen LogP contribution in [-0.2, 0) is 0 Å². The SMILES string of the molecule is CC(C)NC[C@H](O)c1ccc(O)c2ncccc12.